The van der Waals surface area contributed by atoms with Crippen molar-refractivity contribution in [2.45, 2.75) is 31.8 Å². The molecule has 23 heavy (non-hydrogen) atoms. The number of aliphatic hydroxyl groups is 1. The number of carbonyl (C=O) groups is 1. The molecule has 2 atom stereocenters. The summed E-state index contributed by atoms with van der Waals surface area (Å²) in [6.45, 7) is 0.456. The fraction of sp³-hybridized carbons (Fsp3) is 0.533. The van der Waals surface area contributed by atoms with Gasteiger partial charge in [0.2, 0.25) is 0 Å². The van der Waals surface area contributed by atoms with Crippen LogP contribution in [0.25, 0.3) is 0 Å². The van der Waals surface area contributed by atoms with Gasteiger partial charge in [-0.2, -0.15) is 0 Å². The summed E-state index contributed by atoms with van der Waals surface area (Å²) in [6, 6.07) is 3.52. The summed E-state index contributed by atoms with van der Waals surface area (Å²) in [6.07, 6.45) is 3.38. The van der Waals surface area contributed by atoms with Crippen LogP contribution in [0.2, 0.25) is 5.02 Å². The van der Waals surface area contributed by atoms with Crippen molar-refractivity contribution in [3.05, 3.63) is 33.3 Å². The zero-order valence-electron chi connectivity index (χ0n) is 12.9. The van der Waals surface area contributed by atoms with Gasteiger partial charge in [-0.3, -0.25) is 10.1 Å². The summed E-state index contributed by atoms with van der Waals surface area (Å²) < 4.78 is 0. The molecule has 126 valence electrons. The maximum Gasteiger partial charge on any atom is 0.321 e. The van der Waals surface area contributed by atoms with Crippen molar-refractivity contribution in [3.8, 4) is 0 Å². The van der Waals surface area contributed by atoms with E-state index < -0.39 is 4.92 Å². The minimum Gasteiger partial charge on any atom is -0.393 e. The minimum absolute atomic E-state index is 0.0758. The Morgan fingerprint density at radius 2 is 2.17 bits per heavy atom. The lowest BCUT2D eigenvalue weighted by Gasteiger charge is -2.31. The summed E-state index contributed by atoms with van der Waals surface area (Å²) in [5.41, 5.74) is 0.185. The lowest BCUT2D eigenvalue weighted by molar-refractivity contribution is -0.384. The second kappa shape index (κ2) is 7.61. The van der Waals surface area contributed by atoms with Crippen LogP contribution < -0.4 is 5.32 Å². The van der Waals surface area contributed by atoms with Crippen molar-refractivity contribution in [2.24, 2.45) is 5.92 Å². The molecule has 7 nitrogen and oxygen atoms in total. The van der Waals surface area contributed by atoms with Crippen LogP contribution in [0.5, 0.6) is 0 Å². The average molecular weight is 342 g/mol. The first-order valence-corrected chi connectivity index (χ1v) is 7.90. The largest absolute Gasteiger partial charge is 0.393 e. The number of carbonyl (C=O) groups excluding carboxylic acids is 1. The van der Waals surface area contributed by atoms with Crippen molar-refractivity contribution >= 4 is 29.0 Å². The number of nitrogens with one attached hydrogen (secondary N) is 1. The van der Waals surface area contributed by atoms with Crippen LogP contribution in [0, 0.1) is 16.0 Å². The molecule has 0 saturated heterocycles. The Labute approximate surface area is 139 Å². The molecule has 0 aliphatic heterocycles. The minimum atomic E-state index is -0.548. The van der Waals surface area contributed by atoms with Crippen LogP contribution in [-0.2, 0) is 0 Å². The summed E-state index contributed by atoms with van der Waals surface area (Å²) in [5.74, 6) is 0.0758. The zero-order chi connectivity index (χ0) is 17.0. The molecule has 0 heterocycles. The number of hydrogen-bond donors (Lipinski definition) is 2. The van der Waals surface area contributed by atoms with Gasteiger partial charge in [-0.15, -0.1) is 0 Å². The smallest absolute Gasteiger partial charge is 0.321 e. The van der Waals surface area contributed by atoms with Gasteiger partial charge in [-0.25, -0.2) is 4.79 Å². The number of rotatable bonds is 4. The molecular formula is C15H20ClN3O4. The highest BCUT2D eigenvalue weighted by molar-refractivity contribution is 6.33. The van der Waals surface area contributed by atoms with Gasteiger partial charge in [0, 0.05) is 31.6 Å². The van der Waals surface area contributed by atoms with E-state index in [1.54, 1.807) is 7.05 Å². The maximum atomic E-state index is 12.2. The summed E-state index contributed by atoms with van der Waals surface area (Å²) in [7, 11) is 1.65. The number of nitro benzene ring substituents is 1. The first-order chi connectivity index (χ1) is 10.9. The number of hydrogen-bond acceptors (Lipinski definition) is 4. The number of anilines is 1. The molecular weight excluding hydrogens is 322 g/mol. The summed E-state index contributed by atoms with van der Waals surface area (Å²) in [5, 5.41) is 23.4. The van der Waals surface area contributed by atoms with Crippen LogP contribution in [0.15, 0.2) is 18.2 Å². The van der Waals surface area contributed by atoms with Gasteiger partial charge in [-0.1, -0.05) is 24.4 Å². The fourth-order valence-corrected chi connectivity index (χ4v) is 2.99. The van der Waals surface area contributed by atoms with Crippen molar-refractivity contribution in [1.29, 1.82) is 0 Å². The van der Waals surface area contributed by atoms with Crippen LogP contribution >= 0.6 is 11.6 Å². The first kappa shape index (κ1) is 17.5. The number of amides is 2. The lowest BCUT2D eigenvalue weighted by Crippen LogP contribution is -2.40. The van der Waals surface area contributed by atoms with Crippen molar-refractivity contribution in [1.82, 2.24) is 4.90 Å². The van der Waals surface area contributed by atoms with Crippen LogP contribution in [0.3, 0.4) is 0 Å². The van der Waals surface area contributed by atoms with E-state index in [4.69, 9.17) is 11.6 Å². The van der Waals surface area contributed by atoms with Crippen LogP contribution in [-0.4, -0.2) is 40.7 Å². The SMILES string of the molecule is CN(CC1CCCCC1O)C(=O)Nc1ccc([N+](=O)[O-])cc1Cl. The highest BCUT2D eigenvalue weighted by Gasteiger charge is 2.25. The Hall–Kier alpha value is -1.86. The molecule has 0 radical (unpaired) electrons. The van der Waals surface area contributed by atoms with Crippen LogP contribution in [0.4, 0.5) is 16.2 Å². The average Bonchev–Trinajstić information content (AvgIpc) is 2.51. The Morgan fingerprint density at radius 3 is 2.78 bits per heavy atom. The van der Waals surface area contributed by atoms with Gasteiger partial charge in [0.15, 0.2) is 0 Å². The third-order valence-corrected chi connectivity index (χ3v) is 4.44. The normalized spacial score (nSPS) is 20.8. The number of halogens is 1. The van der Waals surface area contributed by atoms with E-state index in [0.29, 0.717) is 12.2 Å². The molecule has 2 amide bonds. The van der Waals surface area contributed by atoms with E-state index in [-0.39, 0.29) is 28.8 Å². The molecule has 2 unspecified atom stereocenters. The Morgan fingerprint density at radius 1 is 1.48 bits per heavy atom. The zero-order valence-corrected chi connectivity index (χ0v) is 13.6. The number of nitrogens with zero attached hydrogens (tertiary/aromatic N) is 2. The van der Waals surface area contributed by atoms with Gasteiger partial charge in [0.1, 0.15) is 0 Å². The molecule has 1 saturated carbocycles. The molecule has 0 spiro atoms. The number of aliphatic hydroxyl groups excluding tert-OH is 1. The van der Waals surface area contributed by atoms with E-state index >= 15 is 0 Å². The molecule has 1 fully saturated rings. The van der Waals surface area contributed by atoms with Crippen molar-refractivity contribution in [2.75, 3.05) is 18.9 Å². The standard InChI is InChI=1S/C15H20ClN3O4/c1-18(9-10-4-2-3-5-14(10)20)15(21)17-13-7-6-11(19(22)23)8-12(13)16/h6-8,10,14,20H,2-5,9H2,1H3,(H,17,21). The van der Waals surface area contributed by atoms with Crippen LogP contribution in [0.1, 0.15) is 25.7 Å². The summed E-state index contributed by atoms with van der Waals surface area (Å²) in [4.78, 5) is 23.8. The second-order valence-electron chi connectivity index (χ2n) is 5.84. The highest BCUT2D eigenvalue weighted by Crippen LogP contribution is 2.28. The molecule has 2 N–H and O–H groups in total. The molecule has 1 aliphatic rings. The maximum absolute atomic E-state index is 12.2. The third-order valence-electron chi connectivity index (χ3n) is 4.13. The van der Waals surface area contributed by atoms with Crippen molar-refractivity contribution in [3.63, 3.8) is 0 Å². The van der Waals surface area contributed by atoms with E-state index in [0.717, 1.165) is 25.7 Å². The number of benzene rings is 1. The van der Waals surface area contributed by atoms with Gasteiger partial charge in [0.05, 0.1) is 21.7 Å². The van der Waals surface area contributed by atoms with Gasteiger partial charge in [-0.05, 0) is 18.9 Å². The monoisotopic (exact) mass is 341 g/mol. The highest BCUT2D eigenvalue weighted by atomic mass is 35.5. The summed E-state index contributed by atoms with van der Waals surface area (Å²) >= 11 is 5.96. The van der Waals surface area contributed by atoms with Gasteiger partial charge >= 0.3 is 6.03 Å². The lowest BCUT2D eigenvalue weighted by atomic mass is 9.86. The molecule has 8 heteroatoms. The molecule has 0 bridgehead atoms. The first-order valence-electron chi connectivity index (χ1n) is 7.52. The molecule has 2 rings (SSSR count). The Kier molecular flexibility index (Phi) is 5.79. The Balaban J connectivity index is 1.96. The van der Waals surface area contributed by atoms with Gasteiger partial charge in [0.25, 0.3) is 5.69 Å². The number of urea groups is 1. The van der Waals surface area contributed by atoms with E-state index in [2.05, 4.69) is 5.32 Å². The number of non-ortho nitro benzene ring substituents is 1. The fourth-order valence-electron chi connectivity index (χ4n) is 2.77. The topological polar surface area (TPSA) is 95.7 Å². The predicted octanol–water partition coefficient (Wildman–Crippen LogP) is 3.26. The van der Waals surface area contributed by atoms with Crippen molar-refractivity contribution < 1.29 is 14.8 Å². The van der Waals surface area contributed by atoms with E-state index in [1.165, 1.54) is 23.1 Å². The molecule has 1 aliphatic carbocycles. The quantitative estimate of drug-likeness (QED) is 0.649. The molecule has 1 aromatic carbocycles. The predicted molar refractivity (Wildman–Crippen MR) is 87.7 cm³/mol. The molecule has 0 aromatic heterocycles. The second-order valence-corrected chi connectivity index (χ2v) is 6.25. The third kappa shape index (κ3) is 4.56. The molecule has 1 aromatic rings. The number of nitro groups is 1. The van der Waals surface area contributed by atoms with Gasteiger partial charge < -0.3 is 15.3 Å². The van der Waals surface area contributed by atoms with E-state index in [1.807, 2.05) is 0 Å². The Bertz CT molecular complexity index is 596. The van der Waals surface area contributed by atoms with E-state index in [9.17, 15) is 20.0 Å².